The molecule has 0 aliphatic rings. The van der Waals surface area contributed by atoms with Gasteiger partial charge < -0.3 is 15.7 Å². The summed E-state index contributed by atoms with van der Waals surface area (Å²) < 4.78 is 0. The van der Waals surface area contributed by atoms with E-state index < -0.39 is 10.9 Å². The first kappa shape index (κ1) is 9.73. The predicted molar refractivity (Wildman–Crippen MR) is 51.1 cm³/mol. The van der Waals surface area contributed by atoms with Crippen LogP contribution in [0.25, 0.3) is 0 Å². The minimum Gasteiger partial charge on any atom is -0.394 e. The fraction of sp³-hybridized carbons (Fsp3) is 0.500. The van der Waals surface area contributed by atoms with Gasteiger partial charge in [-0.05, 0) is 6.92 Å². The van der Waals surface area contributed by atoms with E-state index in [1.165, 1.54) is 0 Å². The average molecular weight is 184 g/mol. The van der Waals surface area contributed by atoms with E-state index in [9.17, 15) is 9.59 Å². The van der Waals surface area contributed by atoms with E-state index in [0.29, 0.717) is 5.69 Å². The quantitative estimate of drug-likeness (QED) is 0.529. The van der Waals surface area contributed by atoms with Crippen molar-refractivity contribution in [2.24, 2.45) is 0 Å². The van der Waals surface area contributed by atoms with E-state index >= 15 is 0 Å². The molecule has 72 valence electrons. The Morgan fingerprint density at radius 1 is 1.31 bits per heavy atom. The van der Waals surface area contributed by atoms with Crippen LogP contribution in [0.4, 0.5) is 11.4 Å². The summed E-state index contributed by atoms with van der Waals surface area (Å²) in [5.41, 5.74) is -0.459. The number of hydrogen-bond donors (Lipinski definition) is 3. The van der Waals surface area contributed by atoms with Crippen LogP contribution in [0, 0.1) is 0 Å². The molecule has 0 spiro atoms. The van der Waals surface area contributed by atoms with E-state index in [0.717, 1.165) is 0 Å². The summed E-state index contributed by atoms with van der Waals surface area (Å²) in [7, 11) is 1.57. The van der Waals surface area contributed by atoms with Crippen molar-refractivity contribution in [2.75, 3.05) is 24.3 Å². The van der Waals surface area contributed by atoms with Gasteiger partial charge in [-0.15, -0.1) is 0 Å². The highest BCUT2D eigenvalue weighted by atomic mass is 16.3. The van der Waals surface area contributed by atoms with Crippen LogP contribution in [0.1, 0.15) is 6.92 Å². The van der Waals surface area contributed by atoms with E-state index in [1.54, 1.807) is 14.0 Å². The third-order valence-corrected chi connectivity index (χ3v) is 1.82. The lowest BCUT2D eigenvalue weighted by Gasteiger charge is -2.16. The highest BCUT2D eigenvalue weighted by Gasteiger charge is 2.20. The molecule has 1 rings (SSSR count). The van der Waals surface area contributed by atoms with Crippen LogP contribution >= 0.6 is 0 Å². The molecule has 0 saturated heterocycles. The fourth-order valence-corrected chi connectivity index (χ4v) is 1.06. The molecule has 5 nitrogen and oxygen atoms in total. The maximum atomic E-state index is 11.0. The maximum absolute atomic E-state index is 11.0. The minimum absolute atomic E-state index is 0.0814. The Hall–Kier alpha value is -1.36. The third kappa shape index (κ3) is 1.55. The first-order valence-corrected chi connectivity index (χ1v) is 4.00. The van der Waals surface area contributed by atoms with Crippen LogP contribution in [0.15, 0.2) is 9.59 Å². The number of rotatable bonds is 4. The van der Waals surface area contributed by atoms with Crippen molar-refractivity contribution in [2.45, 2.75) is 13.0 Å². The highest BCUT2D eigenvalue weighted by molar-refractivity contribution is 5.73. The van der Waals surface area contributed by atoms with Crippen molar-refractivity contribution in [3.8, 4) is 0 Å². The van der Waals surface area contributed by atoms with Crippen molar-refractivity contribution in [1.29, 1.82) is 0 Å². The van der Waals surface area contributed by atoms with Crippen molar-refractivity contribution in [1.82, 2.24) is 0 Å². The van der Waals surface area contributed by atoms with Gasteiger partial charge in [0, 0.05) is 13.1 Å². The van der Waals surface area contributed by atoms with Crippen LogP contribution in [0.3, 0.4) is 0 Å². The lowest BCUT2D eigenvalue weighted by Crippen LogP contribution is -2.39. The lowest BCUT2D eigenvalue weighted by atomic mass is 10.1. The summed E-state index contributed by atoms with van der Waals surface area (Å²) in [5, 5.41) is 14.1. The molecule has 0 aliphatic heterocycles. The van der Waals surface area contributed by atoms with Crippen LogP contribution in [-0.4, -0.2) is 24.8 Å². The van der Waals surface area contributed by atoms with Gasteiger partial charge >= 0.3 is 0 Å². The molecule has 0 radical (unpaired) electrons. The van der Waals surface area contributed by atoms with Crippen LogP contribution < -0.4 is 21.5 Å². The molecule has 5 heteroatoms. The van der Waals surface area contributed by atoms with Gasteiger partial charge in [0.05, 0.1) is 6.61 Å². The smallest absolute Gasteiger partial charge is 0.253 e. The monoisotopic (exact) mass is 184 g/mol. The Morgan fingerprint density at radius 3 is 2.31 bits per heavy atom. The zero-order chi connectivity index (χ0) is 10.0. The molecule has 1 aromatic carbocycles. The summed E-state index contributed by atoms with van der Waals surface area (Å²) >= 11 is 0. The Bertz CT molecular complexity index is 365. The second-order valence-corrected chi connectivity index (χ2v) is 2.89. The number of aliphatic hydroxyl groups excluding tert-OH is 1. The van der Waals surface area contributed by atoms with Crippen molar-refractivity contribution < 1.29 is 5.11 Å². The summed E-state index contributed by atoms with van der Waals surface area (Å²) in [4.78, 5) is 21.9. The molecule has 0 aromatic heterocycles. The SMILES string of the molecule is CNc1c(NC(C)CO)c(=O)c1=O. The van der Waals surface area contributed by atoms with Gasteiger partial charge in [0.25, 0.3) is 10.9 Å². The number of aliphatic hydroxyl groups is 1. The summed E-state index contributed by atoms with van der Waals surface area (Å²) in [5.74, 6) is 0. The summed E-state index contributed by atoms with van der Waals surface area (Å²) in [6.07, 6.45) is 0. The van der Waals surface area contributed by atoms with Gasteiger partial charge in [0.2, 0.25) is 0 Å². The average Bonchev–Trinajstić information content (AvgIpc) is 2.16. The fourth-order valence-electron chi connectivity index (χ4n) is 1.06. The van der Waals surface area contributed by atoms with Gasteiger partial charge in [-0.1, -0.05) is 0 Å². The first-order chi connectivity index (χ1) is 6.11. The molecular formula is C8H12N2O3. The molecule has 0 bridgehead atoms. The van der Waals surface area contributed by atoms with Crippen molar-refractivity contribution >= 4 is 11.4 Å². The lowest BCUT2D eigenvalue weighted by molar-refractivity contribution is 0.281. The molecule has 1 aromatic rings. The van der Waals surface area contributed by atoms with Crippen LogP contribution in [0.5, 0.6) is 0 Å². The Balaban J connectivity index is 2.84. The normalized spacial score (nSPS) is 12.8. The third-order valence-electron chi connectivity index (χ3n) is 1.82. The minimum atomic E-state index is -0.523. The zero-order valence-corrected chi connectivity index (χ0v) is 7.55. The summed E-state index contributed by atoms with van der Waals surface area (Å²) in [6.45, 7) is 1.64. The van der Waals surface area contributed by atoms with Crippen molar-refractivity contribution in [3.63, 3.8) is 0 Å². The second kappa shape index (κ2) is 3.57. The zero-order valence-electron chi connectivity index (χ0n) is 7.55. The van der Waals surface area contributed by atoms with Crippen molar-refractivity contribution in [3.05, 3.63) is 20.4 Å². The molecule has 1 atom stereocenters. The largest absolute Gasteiger partial charge is 0.394 e. The standard InChI is InChI=1S/C8H12N2O3/c1-4(3-11)10-6-5(9-2)7(12)8(6)13/h4,9-11H,3H2,1-2H3. The van der Waals surface area contributed by atoms with E-state index in [2.05, 4.69) is 10.6 Å². The molecule has 0 fully saturated rings. The first-order valence-electron chi connectivity index (χ1n) is 4.00. The molecule has 0 aliphatic carbocycles. The van der Waals surface area contributed by atoms with E-state index in [1.807, 2.05) is 0 Å². The molecule has 0 heterocycles. The number of anilines is 2. The number of hydrogen-bond acceptors (Lipinski definition) is 5. The Morgan fingerprint density at radius 2 is 1.85 bits per heavy atom. The van der Waals surface area contributed by atoms with Gasteiger partial charge in [-0.3, -0.25) is 9.59 Å². The van der Waals surface area contributed by atoms with E-state index in [-0.39, 0.29) is 18.3 Å². The van der Waals surface area contributed by atoms with Crippen LogP contribution in [0.2, 0.25) is 0 Å². The Kier molecular flexibility index (Phi) is 2.67. The maximum Gasteiger partial charge on any atom is 0.253 e. The van der Waals surface area contributed by atoms with Gasteiger partial charge in [-0.25, -0.2) is 0 Å². The Labute approximate surface area is 75.1 Å². The molecule has 3 N–H and O–H groups in total. The molecular weight excluding hydrogens is 172 g/mol. The van der Waals surface area contributed by atoms with Gasteiger partial charge in [0.15, 0.2) is 0 Å². The predicted octanol–water partition coefficient (Wildman–Crippen LogP) is -0.883. The van der Waals surface area contributed by atoms with E-state index in [4.69, 9.17) is 5.11 Å². The highest BCUT2D eigenvalue weighted by Crippen LogP contribution is 2.13. The molecule has 13 heavy (non-hydrogen) atoms. The number of nitrogens with one attached hydrogen (secondary N) is 2. The van der Waals surface area contributed by atoms with Gasteiger partial charge in [0.1, 0.15) is 11.4 Å². The molecule has 1 unspecified atom stereocenters. The molecule has 0 amide bonds. The van der Waals surface area contributed by atoms with Gasteiger partial charge in [-0.2, -0.15) is 0 Å². The topological polar surface area (TPSA) is 78.4 Å². The summed E-state index contributed by atoms with van der Waals surface area (Å²) in [6, 6.07) is -0.226. The molecule has 0 saturated carbocycles. The van der Waals surface area contributed by atoms with Crippen LogP contribution in [-0.2, 0) is 0 Å². The second-order valence-electron chi connectivity index (χ2n) is 2.89.